The van der Waals surface area contributed by atoms with Crippen molar-refractivity contribution in [3.8, 4) is 0 Å². The second-order valence-electron chi connectivity index (χ2n) is 9.70. The average molecular weight is 453 g/mol. The molecule has 3 N–H and O–H groups in total. The molecule has 6 nitrogen and oxygen atoms in total. The molecule has 1 saturated heterocycles. The summed E-state index contributed by atoms with van der Waals surface area (Å²) in [5, 5.41) is 23.1. The standard InChI is InChI=1S/C27H36N2O4/c1-5-20(17-26(31)32)21-12-13-23(29-14-6-7-24(29)27(3,4)33)22(16-21)28-25(30)15-19-10-8-18(2)9-11-19/h8-13,16,20,24,33H,5-7,14-15,17H2,1-4H3,(H,28,30)(H,31,32)/t20-,24+/m1/s1. The molecule has 0 bridgehead atoms. The second kappa shape index (κ2) is 10.4. The van der Waals surface area contributed by atoms with Crippen LogP contribution in [-0.4, -0.2) is 40.3 Å². The van der Waals surface area contributed by atoms with E-state index in [2.05, 4.69) is 10.2 Å². The maximum Gasteiger partial charge on any atom is 0.303 e. The van der Waals surface area contributed by atoms with Crippen LogP contribution in [0.2, 0.25) is 0 Å². The van der Waals surface area contributed by atoms with Gasteiger partial charge in [0.2, 0.25) is 5.91 Å². The van der Waals surface area contributed by atoms with Crippen molar-refractivity contribution in [3.63, 3.8) is 0 Å². The number of aryl methyl sites for hydroxylation is 1. The van der Waals surface area contributed by atoms with Crippen LogP contribution in [0.3, 0.4) is 0 Å². The predicted molar refractivity (Wildman–Crippen MR) is 132 cm³/mol. The third-order valence-electron chi connectivity index (χ3n) is 6.54. The van der Waals surface area contributed by atoms with Gasteiger partial charge in [0.25, 0.3) is 0 Å². The van der Waals surface area contributed by atoms with Crippen molar-refractivity contribution in [2.75, 3.05) is 16.8 Å². The number of nitrogens with one attached hydrogen (secondary N) is 1. The fraction of sp³-hybridized carbons (Fsp3) is 0.481. The van der Waals surface area contributed by atoms with Gasteiger partial charge in [-0.3, -0.25) is 9.59 Å². The van der Waals surface area contributed by atoms with Gasteiger partial charge < -0.3 is 20.4 Å². The van der Waals surface area contributed by atoms with Gasteiger partial charge in [-0.2, -0.15) is 0 Å². The van der Waals surface area contributed by atoms with Crippen LogP contribution in [0.4, 0.5) is 11.4 Å². The number of hydrogen-bond acceptors (Lipinski definition) is 4. The maximum atomic E-state index is 13.0. The fourth-order valence-electron chi connectivity index (χ4n) is 4.74. The summed E-state index contributed by atoms with van der Waals surface area (Å²) in [6.45, 7) is 8.42. The summed E-state index contributed by atoms with van der Waals surface area (Å²) in [4.78, 5) is 26.5. The van der Waals surface area contributed by atoms with Crippen LogP contribution >= 0.6 is 0 Å². The molecule has 178 valence electrons. The van der Waals surface area contributed by atoms with E-state index in [-0.39, 0.29) is 30.7 Å². The number of hydrogen-bond donors (Lipinski definition) is 3. The number of amides is 1. The highest BCUT2D eigenvalue weighted by molar-refractivity contribution is 5.96. The minimum Gasteiger partial charge on any atom is -0.481 e. The van der Waals surface area contributed by atoms with Gasteiger partial charge in [0.1, 0.15) is 0 Å². The van der Waals surface area contributed by atoms with Gasteiger partial charge in [-0.25, -0.2) is 0 Å². The first kappa shape index (κ1) is 24.8. The summed E-state index contributed by atoms with van der Waals surface area (Å²) in [5.74, 6) is -1.09. The molecule has 6 heteroatoms. The summed E-state index contributed by atoms with van der Waals surface area (Å²) >= 11 is 0. The van der Waals surface area contributed by atoms with Gasteiger partial charge in [0.15, 0.2) is 0 Å². The van der Waals surface area contributed by atoms with Crippen LogP contribution in [0.5, 0.6) is 0 Å². The SMILES string of the molecule is CC[C@H](CC(=O)O)c1ccc(N2CCC[C@H]2C(C)(C)O)c(NC(=O)Cc2ccc(C)cc2)c1. The van der Waals surface area contributed by atoms with Gasteiger partial charge in [-0.15, -0.1) is 0 Å². The third kappa shape index (κ3) is 6.35. The molecule has 1 aliphatic heterocycles. The minimum atomic E-state index is -0.881. The molecule has 1 aliphatic rings. The molecule has 0 spiro atoms. The zero-order valence-corrected chi connectivity index (χ0v) is 20.1. The largest absolute Gasteiger partial charge is 0.481 e. The molecule has 2 aromatic rings. The van der Waals surface area contributed by atoms with Crippen LogP contribution in [0.1, 0.15) is 69.1 Å². The van der Waals surface area contributed by atoms with Crippen molar-refractivity contribution in [3.05, 3.63) is 59.2 Å². The predicted octanol–water partition coefficient (Wildman–Crippen LogP) is 4.88. The van der Waals surface area contributed by atoms with Crippen molar-refractivity contribution in [2.45, 2.75) is 77.4 Å². The van der Waals surface area contributed by atoms with E-state index in [4.69, 9.17) is 0 Å². The Morgan fingerprint density at radius 3 is 2.48 bits per heavy atom. The molecule has 3 rings (SSSR count). The van der Waals surface area contributed by atoms with Crippen LogP contribution in [0.25, 0.3) is 0 Å². The lowest BCUT2D eigenvalue weighted by atomic mass is 9.91. The highest BCUT2D eigenvalue weighted by Crippen LogP contribution is 2.38. The quantitative estimate of drug-likeness (QED) is 0.504. The molecule has 0 unspecified atom stereocenters. The number of carboxylic acid groups (broad SMARTS) is 1. The van der Waals surface area contributed by atoms with E-state index in [9.17, 15) is 19.8 Å². The highest BCUT2D eigenvalue weighted by atomic mass is 16.4. The molecule has 2 atom stereocenters. The summed E-state index contributed by atoms with van der Waals surface area (Å²) in [5.41, 5.74) is 3.63. The van der Waals surface area contributed by atoms with Crippen LogP contribution < -0.4 is 10.2 Å². The van der Waals surface area contributed by atoms with Gasteiger partial charge in [0.05, 0.1) is 35.9 Å². The lowest BCUT2D eigenvalue weighted by Crippen LogP contribution is -2.46. The lowest BCUT2D eigenvalue weighted by Gasteiger charge is -2.36. The molecule has 0 aromatic heterocycles. The molecule has 0 radical (unpaired) electrons. The molecule has 0 saturated carbocycles. The summed E-state index contributed by atoms with van der Waals surface area (Å²) in [6.07, 6.45) is 2.83. The first-order chi connectivity index (χ1) is 15.6. The molecule has 1 heterocycles. The number of rotatable bonds is 9. The van der Waals surface area contributed by atoms with E-state index in [1.54, 1.807) is 0 Å². The Kier molecular flexibility index (Phi) is 7.80. The first-order valence-electron chi connectivity index (χ1n) is 11.8. The Bertz CT molecular complexity index is 979. The number of aliphatic hydroxyl groups is 1. The Hall–Kier alpha value is -2.86. The van der Waals surface area contributed by atoms with Crippen LogP contribution in [0, 0.1) is 6.92 Å². The Morgan fingerprint density at radius 2 is 1.88 bits per heavy atom. The Balaban J connectivity index is 1.94. The zero-order valence-electron chi connectivity index (χ0n) is 20.1. The topological polar surface area (TPSA) is 89.9 Å². The van der Waals surface area contributed by atoms with E-state index in [1.807, 2.05) is 70.2 Å². The highest BCUT2D eigenvalue weighted by Gasteiger charge is 2.37. The van der Waals surface area contributed by atoms with Gasteiger partial charge >= 0.3 is 5.97 Å². The third-order valence-corrected chi connectivity index (χ3v) is 6.54. The number of nitrogens with zero attached hydrogens (tertiary/aromatic N) is 1. The summed E-state index contributed by atoms with van der Waals surface area (Å²) in [7, 11) is 0. The van der Waals surface area contributed by atoms with Crippen molar-refractivity contribution in [2.24, 2.45) is 0 Å². The number of carbonyl (C=O) groups is 2. The normalized spacial score (nSPS) is 17.1. The van der Waals surface area contributed by atoms with E-state index in [1.165, 1.54) is 0 Å². The first-order valence-corrected chi connectivity index (χ1v) is 11.8. The smallest absolute Gasteiger partial charge is 0.303 e. The van der Waals surface area contributed by atoms with Gasteiger partial charge in [-0.05, 0) is 69.2 Å². The molecule has 33 heavy (non-hydrogen) atoms. The fourth-order valence-corrected chi connectivity index (χ4v) is 4.74. The molecular weight excluding hydrogens is 416 g/mol. The monoisotopic (exact) mass is 452 g/mol. The average Bonchev–Trinajstić information content (AvgIpc) is 3.24. The molecule has 2 aromatic carbocycles. The molecule has 0 aliphatic carbocycles. The number of carbonyl (C=O) groups excluding carboxylic acids is 1. The lowest BCUT2D eigenvalue weighted by molar-refractivity contribution is -0.137. The maximum absolute atomic E-state index is 13.0. The molecule has 1 fully saturated rings. The van der Waals surface area contributed by atoms with Crippen LogP contribution in [0.15, 0.2) is 42.5 Å². The zero-order chi connectivity index (χ0) is 24.2. The van der Waals surface area contributed by atoms with Gasteiger partial charge in [-0.1, -0.05) is 42.8 Å². The molecule has 1 amide bonds. The summed E-state index contributed by atoms with van der Waals surface area (Å²) < 4.78 is 0. The Morgan fingerprint density at radius 1 is 1.18 bits per heavy atom. The number of benzene rings is 2. The van der Waals surface area contributed by atoms with E-state index < -0.39 is 11.6 Å². The van der Waals surface area contributed by atoms with Crippen molar-refractivity contribution < 1.29 is 19.8 Å². The summed E-state index contributed by atoms with van der Waals surface area (Å²) in [6, 6.07) is 13.7. The van der Waals surface area contributed by atoms with Crippen molar-refractivity contribution in [1.29, 1.82) is 0 Å². The van der Waals surface area contributed by atoms with E-state index >= 15 is 0 Å². The van der Waals surface area contributed by atoms with Gasteiger partial charge in [0, 0.05) is 6.54 Å². The van der Waals surface area contributed by atoms with E-state index in [0.717, 1.165) is 41.8 Å². The second-order valence-corrected chi connectivity index (χ2v) is 9.70. The van der Waals surface area contributed by atoms with Crippen LogP contribution in [-0.2, 0) is 16.0 Å². The molecular formula is C27H36N2O4. The number of anilines is 2. The number of carboxylic acids is 1. The van der Waals surface area contributed by atoms with Crippen molar-refractivity contribution in [1.82, 2.24) is 0 Å². The number of aliphatic carboxylic acids is 1. The Labute approximate surface area is 196 Å². The minimum absolute atomic E-state index is 0.0443. The van der Waals surface area contributed by atoms with Crippen molar-refractivity contribution >= 4 is 23.3 Å². The van der Waals surface area contributed by atoms with E-state index in [0.29, 0.717) is 12.1 Å².